The lowest BCUT2D eigenvalue weighted by Crippen LogP contribution is -2.29. The molecule has 1 aliphatic heterocycles. The van der Waals surface area contributed by atoms with Gasteiger partial charge in [0.1, 0.15) is 11.6 Å². The zero-order valence-corrected chi connectivity index (χ0v) is 18.7. The van der Waals surface area contributed by atoms with E-state index >= 15 is 0 Å². The van der Waals surface area contributed by atoms with E-state index in [4.69, 9.17) is 0 Å². The molecule has 5 rings (SSSR count). The summed E-state index contributed by atoms with van der Waals surface area (Å²) in [5.41, 5.74) is 3.68. The van der Waals surface area contributed by atoms with E-state index < -0.39 is 23.5 Å². The van der Waals surface area contributed by atoms with Crippen LogP contribution in [0.25, 0.3) is 16.0 Å². The molecule has 0 bridgehead atoms. The van der Waals surface area contributed by atoms with Gasteiger partial charge in [-0.1, -0.05) is 47.2 Å². The van der Waals surface area contributed by atoms with Crippen molar-refractivity contribution in [1.82, 2.24) is 4.98 Å². The Morgan fingerprint density at radius 2 is 1.64 bits per heavy atom. The molecule has 1 aliphatic rings. The number of aliphatic hydroxyl groups excluding tert-OH is 1. The van der Waals surface area contributed by atoms with Crippen molar-refractivity contribution in [2.75, 3.05) is 4.90 Å². The van der Waals surface area contributed by atoms with Gasteiger partial charge in [-0.25, -0.2) is 9.37 Å². The van der Waals surface area contributed by atoms with E-state index in [9.17, 15) is 19.1 Å². The SMILES string of the molecule is Cc1ccc([C@H]2/C(=C(\O)c3ccc(F)cc3)C(=O)C(=O)N2c2nc3ccc(C)cc3s2)cc1. The predicted molar refractivity (Wildman–Crippen MR) is 127 cm³/mol. The van der Waals surface area contributed by atoms with Gasteiger partial charge >= 0.3 is 5.91 Å². The monoisotopic (exact) mass is 458 g/mol. The molecule has 0 unspecified atom stereocenters. The van der Waals surface area contributed by atoms with Crippen molar-refractivity contribution in [3.8, 4) is 0 Å². The maximum Gasteiger partial charge on any atom is 0.301 e. The molecule has 4 aromatic rings. The maximum atomic E-state index is 13.4. The molecule has 1 atom stereocenters. The molecule has 5 nitrogen and oxygen atoms in total. The summed E-state index contributed by atoms with van der Waals surface area (Å²) in [6, 6.07) is 17.5. The summed E-state index contributed by atoms with van der Waals surface area (Å²) >= 11 is 1.32. The molecular formula is C26H19FN2O3S. The molecule has 3 aromatic carbocycles. The van der Waals surface area contributed by atoms with Gasteiger partial charge in [0.05, 0.1) is 21.8 Å². The van der Waals surface area contributed by atoms with Crippen LogP contribution in [0.4, 0.5) is 9.52 Å². The number of aliphatic hydroxyl groups is 1. The number of aromatic nitrogens is 1. The first-order chi connectivity index (χ1) is 15.8. The number of rotatable bonds is 3. The number of thiazole rings is 1. The summed E-state index contributed by atoms with van der Waals surface area (Å²) in [6.45, 7) is 3.91. The molecule has 1 aromatic heterocycles. The van der Waals surface area contributed by atoms with Gasteiger partial charge in [-0.2, -0.15) is 0 Å². The van der Waals surface area contributed by atoms with E-state index in [0.717, 1.165) is 21.3 Å². The highest BCUT2D eigenvalue weighted by Crippen LogP contribution is 2.44. The fourth-order valence-corrected chi connectivity index (χ4v) is 5.07. The number of aryl methyl sites for hydroxylation is 2. The molecule has 164 valence electrons. The van der Waals surface area contributed by atoms with Crippen molar-refractivity contribution < 1.29 is 19.1 Å². The first-order valence-corrected chi connectivity index (χ1v) is 11.2. The Kier molecular flexibility index (Phi) is 5.06. The van der Waals surface area contributed by atoms with E-state index in [0.29, 0.717) is 10.7 Å². The van der Waals surface area contributed by atoms with E-state index in [1.165, 1.54) is 40.5 Å². The fourth-order valence-electron chi connectivity index (χ4n) is 3.98. The van der Waals surface area contributed by atoms with Crippen LogP contribution < -0.4 is 4.90 Å². The van der Waals surface area contributed by atoms with Crippen molar-refractivity contribution in [2.45, 2.75) is 19.9 Å². The van der Waals surface area contributed by atoms with Gasteiger partial charge in [-0.3, -0.25) is 14.5 Å². The third-order valence-corrected chi connectivity index (χ3v) is 6.71. The fraction of sp³-hybridized carbons (Fsp3) is 0.115. The van der Waals surface area contributed by atoms with E-state index in [1.54, 1.807) is 0 Å². The summed E-state index contributed by atoms with van der Waals surface area (Å²) in [4.78, 5) is 32.4. The topological polar surface area (TPSA) is 70.5 Å². The Labute approximate surface area is 193 Å². The van der Waals surface area contributed by atoms with Gasteiger partial charge in [-0.15, -0.1) is 0 Å². The molecule has 33 heavy (non-hydrogen) atoms. The molecule has 7 heteroatoms. The largest absolute Gasteiger partial charge is 0.507 e. The third-order valence-electron chi connectivity index (χ3n) is 5.69. The first kappa shape index (κ1) is 21.0. The number of halogens is 1. The van der Waals surface area contributed by atoms with Gasteiger partial charge in [0.25, 0.3) is 5.78 Å². The second-order valence-electron chi connectivity index (χ2n) is 8.05. The van der Waals surface area contributed by atoms with Crippen LogP contribution in [0.5, 0.6) is 0 Å². The Morgan fingerprint density at radius 3 is 2.33 bits per heavy atom. The molecule has 0 aliphatic carbocycles. The Morgan fingerprint density at radius 1 is 0.970 bits per heavy atom. The number of fused-ring (bicyclic) bond motifs is 1. The van der Waals surface area contributed by atoms with Crippen molar-refractivity contribution in [3.63, 3.8) is 0 Å². The first-order valence-electron chi connectivity index (χ1n) is 10.3. The van der Waals surface area contributed by atoms with Crippen LogP contribution in [0, 0.1) is 19.7 Å². The van der Waals surface area contributed by atoms with Gasteiger partial charge in [-0.05, 0) is 61.4 Å². The lowest BCUT2D eigenvalue weighted by Gasteiger charge is -2.23. The van der Waals surface area contributed by atoms with E-state index in [-0.39, 0.29) is 16.9 Å². The highest BCUT2D eigenvalue weighted by Gasteiger charge is 2.48. The Bertz CT molecular complexity index is 1440. The minimum Gasteiger partial charge on any atom is -0.507 e. The second kappa shape index (κ2) is 7.94. The zero-order valence-electron chi connectivity index (χ0n) is 17.9. The van der Waals surface area contributed by atoms with Crippen LogP contribution >= 0.6 is 11.3 Å². The van der Waals surface area contributed by atoms with Gasteiger partial charge in [0.15, 0.2) is 5.13 Å². The molecule has 1 amide bonds. The number of hydrogen-bond acceptors (Lipinski definition) is 5. The number of carbonyl (C=O) groups excluding carboxylic acids is 2. The lowest BCUT2D eigenvalue weighted by molar-refractivity contribution is -0.132. The second-order valence-corrected chi connectivity index (χ2v) is 9.06. The number of amides is 1. The predicted octanol–water partition coefficient (Wildman–Crippen LogP) is 5.68. The summed E-state index contributed by atoms with van der Waals surface area (Å²) in [6.07, 6.45) is 0. The number of Topliss-reactive ketones (excluding diaryl/α,β-unsaturated/α-hetero) is 1. The third kappa shape index (κ3) is 3.60. The number of ketones is 1. The number of carbonyl (C=O) groups is 2. The lowest BCUT2D eigenvalue weighted by atomic mass is 9.95. The summed E-state index contributed by atoms with van der Waals surface area (Å²) in [7, 11) is 0. The minimum absolute atomic E-state index is 0.0501. The van der Waals surface area contributed by atoms with Crippen molar-refractivity contribution in [3.05, 3.63) is 100 Å². The smallest absolute Gasteiger partial charge is 0.301 e. The van der Waals surface area contributed by atoms with Gasteiger partial charge < -0.3 is 5.11 Å². The van der Waals surface area contributed by atoms with Crippen LogP contribution in [0.3, 0.4) is 0 Å². The van der Waals surface area contributed by atoms with Crippen LogP contribution in [-0.2, 0) is 9.59 Å². The van der Waals surface area contributed by atoms with Crippen molar-refractivity contribution >= 4 is 44.1 Å². The quantitative estimate of drug-likeness (QED) is 0.244. The van der Waals surface area contributed by atoms with Crippen LogP contribution in [0.1, 0.15) is 28.3 Å². The van der Waals surface area contributed by atoms with E-state index in [1.807, 2.05) is 56.3 Å². The van der Waals surface area contributed by atoms with Crippen LogP contribution in [-0.4, -0.2) is 21.8 Å². The molecule has 0 saturated carbocycles. The summed E-state index contributed by atoms with van der Waals surface area (Å²) in [5, 5.41) is 11.4. The maximum absolute atomic E-state index is 13.4. The van der Waals surface area contributed by atoms with Gasteiger partial charge in [0, 0.05) is 5.56 Å². The Hall–Kier alpha value is -3.84. The molecule has 0 spiro atoms. The minimum atomic E-state index is -0.864. The molecule has 2 heterocycles. The van der Waals surface area contributed by atoms with Crippen molar-refractivity contribution in [2.24, 2.45) is 0 Å². The molecule has 1 N–H and O–H groups in total. The molecule has 1 fully saturated rings. The normalized spacial score (nSPS) is 17.8. The number of hydrogen-bond donors (Lipinski definition) is 1. The van der Waals surface area contributed by atoms with E-state index in [2.05, 4.69) is 4.98 Å². The van der Waals surface area contributed by atoms with Crippen molar-refractivity contribution in [1.29, 1.82) is 0 Å². The van der Waals surface area contributed by atoms with Crippen LogP contribution in [0.15, 0.2) is 72.3 Å². The highest BCUT2D eigenvalue weighted by molar-refractivity contribution is 7.22. The summed E-state index contributed by atoms with van der Waals surface area (Å²) < 4.78 is 14.3. The van der Waals surface area contributed by atoms with Crippen LogP contribution in [0.2, 0.25) is 0 Å². The standard InChI is InChI=1S/C26H19FN2O3S/c1-14-3-6-16(7-4-14)22-21(23(30)17-8-10-18(27)11-9-17)24(31)25(32)29(22)26-28-19-12-5-15(2)13-20(19)33-26/h3-13,22,30H,1-2H3/b23-21+/t22-/m0/s1. The zero-order chi connectivity index (χ0) is 23.3. The molecule has 1 saturated heterocycles. The summed E-state index contributed by atoms with van der Waals surface area (Å²) in [5.74, 6) is -2.39. The molecular weight excluding hydrogens is 439 g/mol. The number of benzene rings is 3. The average Bonchev–Trinajstić information content (AvgIpc) is 3.32. The average molecular weight is 459 g/mol. The Balaban J connectivity index is 1.73. The molecule has 0 radical (unpaired) electrons. The highest BCUT2D eigenvalue weighted by atomic mass is 32.1. The van der Waals surface area contributed by atoms with Gasteiger partial charge in [0.2, 0.25) is 0 Å². The number of anilines is 1. The number of nitrogens with zero attached hydrogens (tertiary/aromatic N) is 2.